The largest absolute Gasteiger partial charge is 0.424 e. The molecule has 0 spiro atoms. The normalized spacial score (nSPS) is 13.5. The minimum atomic E-state index is -3.57. The molecule has 0 saturated carbocycles. The molecule has 0 amide bonds. The van der Waals surface area contributed by atoms with Crippen LogP contribution in [0.2, 0.25) is 0 Å². The van der Waals surface area contributed by atoms with Crippen LogP contribution in [-0.2, 0) is 16.4 Å². The average molecular weight is 341 g/mol. The molecule has 0 unspecified atom stereocenters. The number of hydrogen-bond donors (Lipinski definition) is 1. The van der Waals surface area contributed by atoms with Crippen molar-refractivity contribution in [2.75, 3.05) is 6.26 Å². The molecule has 0 radical (unpaired) electrons. The Bertz CT molecular complexity index is 787. The van der Waals surface area contributed by atoms with Crippen molar-refractivity contribution in [1.29, 1.82) is 0 Å². The lowest BCUT2D eigenvalue weighted by atomic mass is 10.1. The lowest BCUT2D eigenvalue weighted by Gasteiger charge is -2.13. The first-order chi connectivity index (χ1) is 10.7. The van der Waals surface area contributed by atoms with Gasteiger partial charge in [-0.05, 0) is 24.6 Å². The summed E-state index contributed by atoms with van der Waals surface area (Å²) in [6, 6.07) is 3.89. The zero-order valence-corrected chi connectivity index (χ0v) is 14.3. The van der Waals surface area contributed by atoms with Crippen LogP contribution in [0.4, 0.5) is 4.39 Å². The van der Waals surface area contributed by atoms with Crippen LogP contribution in [0.1, 0.15) is 50.1 Å². The van der Waals surface area contributed by atoms with Gasteiger partial charge in [0.05, 0.1) is 6.54 Å². The highest BCUT2D eigenvalue weighted by Crippen LogP contribution is 2.20. The summed E-state index contributed by atoms with van der Waals surface area (Å²) in [7, 11) is -3.57. The molecule has 0 bridgehead atoms. The van der Waals surface area contributed by atoms with Crippen molar-refractivity contribution in [3.05, 3.63) is 41.4 Å². The topological polar surface area (TPSA) is 85.1 Å². The van der Waals surface area contributed by atoms with Crippen LogP contribution in [0.15, 0.2) is 27.5 Å². The van der Waals surface area contributed by atoms with E-state index in [0.29, 0.717) is 23.9 Å². The van der Waals surface area contributed by atoms with Gasteiger partial charge < -0.3 is 9.73 Å². The summed E-state index contributed by atoms with van der Waals surface area (Å²) in [4.78, 5) is -0.299. The highest BCUT2D eigenvalue weighted by Gasteiger charge is 2.16. The Balaban J connectivity index is 2.05. The van der Waals surface area contributed by atoms with Crippen molar-refractivity contribution in [3.8, 4) is 0 Å². The van der Waals surface area contributed by atoms with Crippen molar-refractivity contribution in [2.24, 2.45) is 0 Å². The van der Waals surface area contributed by atoms with E-state index in [0.717, 1.165) is 6.26 Å². The van der Waals surface area contributed by atoms with Crippen molar-refractivity contribution in [3.63, 3.8) is 0 Å². The van der Waals surface area contributed by atoms with E-state index in [1.54, 1.807) is 6.07 Å². The van der Waals surface area contributed by atoms with Gasteiger partial charge in [0.1, 0.15) is 10.7 Å². The number of rotatable bonds is 6. The summed E-state index contributed by atoms with van der Waals surface area (Å²) < 4.78 is 42.2. The molecule has 2 aromatic rings. The number of hydrogen-bond acceptors (Lipinski definition) is 6. The van der Waals surface area contributed by atoms with Crippen LogP contribution >= 0.6 is 0 Å². The Kier molecular flexibility index (Phi) is 5.16. The monoisotopic (exact) mass is 341 g/mol. The van der Waals surface area contributed by atoms with Crippen molar-refractivity contribution < 1.29 is 17.2 Å². The summed E-state index contributed by atoms with van der Waals surface area (Å²) >= 11 is 0. The Labute approximate surface area is 135 Å². The zero-order valence-electron chi connectivity index (χ0n) is 13.5. The molecule has 1 N–H and O–H groups in total. The van der Waals surface area contributed by atoms with Crippen molar-refractivity contribution >= 4 is 9.84 Å². The van der Waals surface area contributed by atoms with E-state index in [1.165, 1.54) is 12.1 Å². The summed E-state index contributed by atoms with van der Waals surface area (Å²) in [5, 5.41) is 11.0. The van der Waals surface area contributed by atoms with Gasteiger partial charge in [0.25, 0.3) is 0 Å². The number of benzene rings is 1. The lowest BCUT2D eigenvalue weighted by molar-refractivity contribution is 0.406. The van der Waals surface area contributed by atoms with Gasteiger partial charge in [-0.15, -0.1) is 10.2 Å². The Morgan fingerprint density at radius 3 is 2.48 bits per heavy atom. The molecular weight excluding hydrogens is 321 g/mol. The predicted molar refractivity (Wildman–Crippen MR) is 83.2 cm³/mol. The van der Waals surface area contributed by atoms with Gasteiger partial charge in [-0.2, -0.15) is 0 Å². The van der Waals surface area contributed by atoms with Crippen molar-refractivity contribution in [2.45, 2.75) is 44.2 Å². The first-order valence-corrected chi connectivity index (χ1v) is 9.12. The molecule has 23 heavy (non-hydrogen) atoms. The highest BCUT2D eigenvalue weighted by molar-refractivity contribution is 7.90. The molecule has 1 heterocycles. The molecule has 0 aliphatic heterocycles. The third-order valence-corrected chi connectivity index (χ3v) is 4.52. The van der Waals surface area contributed by atoms with Gasteiger partial charge in [0, 0.05) is 18.2 Å². The van der Waals surface area contributed by atoms with E-state index >= 15 is 0 Å². The van der Waals surface area contributed by atoms with Gasteiger partial charge in [-0.1, -0.05) is 19.9 Å². The van der Waals surface area contributed by atoms with Crippen LogP contribution in [0.3, 0.4) is 0 Å². The van der Waals surface area contributed by atoms with Crippen LogP contribution in [-0.4, -0.2) is 24.9 Å². The van der Waals surface area contributed by atoms with E-state index in [1.807, 2.05) is 20.8 Å². The molecule has 0 saturated heterocycles. The molecule has 1 aromatic heterocycles. The summed E-state index contributed by atoms with van der Waals surface area (Å²) in [5.41, 5.74) is 0.637. The summed E-state index contributed by atoms with van der Waals surface area (Å²) in [6.07, 6.45) is 0.981. The van der Waals surface area contributed by atoms with E-state index in [2.05, 4.69) is 15.5 Å². The molecule has 0 fully saturated rings. The standard InChI is InChI=1S/C15H20FN3O3S/c1-9(2)15-19-18-14(22-15)8-17-10(3)11-5-6-13(12(16)7-11)23(4,20)21/h5-7,9-10,17H,8H2,1-4H3/t10-/m0/s1. The Morgan fingerprint density at radius 1 is 1.26 bits per heavy atom. The van der Waals surface area contributed by atoms with Gasteiger partial charge in [-0.25, -0.2) is 12.8 Å². The molecule has 0 aliphatic carbocycles. The SMILES string of the molecule is CC(C)c1nnc(CN[C@@H](C)c2ccc(S(C)(=O)=O)c(F)c2)o1. The third-order valence-electron chi connectivity index (χ3n) is 3.39. The second-order valence-corrected chi connectivity index (χ2v) is 7.74. The van der Waals surface area contributed by atoms with Crippen LogP contribution in [0.5, 0.6) is 0 Å². The fourth-order valence-electron chi connectivity index (χ4n) is 2.02. The molecule has 6 nitrogen and oxygen atoms in total. The van der Waals surface area contributed by atoms with E-state index in [4.69, 9.17) is 4.42 Å². The third kappa shape index (κ3) is 4.35. The molecule has 8 heteroatoms. The second kappa shape index (κ2) is 6.76. The number of nitrogens with one attached hydrogen (secondary N) is 1. The molecule has 126 valence electrons. The number of aromatic nitrogens is 2. The number of nitrogens with zero attached hydrogens (tertiary/aromatic N) is 2. The first kappa shape index (κ1) is 17.6. The number of sulfone groups is 1. The van der Waals surface area contributed by atoms with Crippen LogP contribution in [0, 0.1) is 5.82 Å². The Hall–Kier alpha value is -1.80. The van der Waals surface area contributed by atoms with E-state index in [9.17, 15) is 12.8 Å². The fraction of sp³-hybridized carbons (Fsp3) is 0.467. The van der Waals surface area contributed by atoms with E-state index < -0.39 is 15.7 Å². The minimum absolute atomic E-state index is 0.159. The predicted octanol–water partition coefficient (Wildman–Crippen LogP) is 2.59. The average Bonchev–Trinajstić information content (AvgIpc) is 2.92. The summed E-state index contributed by atoms with van der Waals surface area (Å²) in [6.45, 7) is 6.10. The zero-order chi connectivity index (χ0) is 17.2. The smallest absolute Gasteiger partial charge is 0.230 e. The van der Waals surface area contributed by atoms with Gasteiger partial charge in [-0.3, -0.25) is 0 Å². The van der Waals surface area contributed by atoms with Gasteiger partial charge >= 0.3 is 0 Å². The van der Waals surface area contributed by atoms with Crippen molar-refractivity contribution in [1.82, 2.24) is 15.5 Å². The second-order valence-electron chi connectivity index (χ2n) is 5.75. The van der Waals surface area contributed by atoms with Crippen LogP contribution < -0.4 is 5.32 Å². The molecule has 1 aromatic carbocycles. The van der Waals surface area contributed by atoms with Gasteiger partial charge in [0.15, 0.2) is 9.84 Å². The maximum atomic E-state index is 13.9. The Morgan fingerprint density at radius 2 is 1.96 bits per heavy atom. The summed E-state index contributed by atoms with van der Waals surface area (Å²) in [5.74, 6) is 0.427. The molecule has 2 rings (SSSR count). The van der Waals surface area contributed by atoms with Gasteiger partial charge in [0.2, 0.25) is 11.8 Å². The number of halogens is 1. The lowest BCUT2D eigenvalue weighted by Crippen LogP contribution is -2.18. The molecule has 1 atom stereocenters. The molecular formula is C15H20FN3O3S. The van der Waals surface area contributed by atoms with Crippen LogP contribution in [0.25, 0.3) is 0 Å². The quantitative estimate of drug-likeness (QED) is 0.869. The molecule has 0 aliphatic rings. The maximum Gasteiger partial charge on any atom is 0.230 e. The maximum absolute atomic E-state index is 13.9. The highest BCUT2D eigenvalue weighted by atomic mass is 32.2. The fourth-order valence-corrected chi connectivity index (χ4v) is 2.75. The van der Waals surface area contributed by atoms with E-state index in [-0.39, 0.29) is 16.9 Å². The minimum Gasteiger partial charge on any atom is -0.424 e. The first-order valence-electron chi connectivity index (χ1n) is 7.23.